The molecule has 0 unspecified atom stereocenters. The molecule has 0 rings (SSSR count). The van der Waals surface area contributed by atoms with Gasteiger partial charge in [-0.1, -0.05) is 0 Å². The Morgan fingerprint density at radius 2 is 1.86 bits per heavy atom. The summed E-state index contributed by atoms with van der Waals surface area (Å²) in [6, 6.07) is 0. The molecule has 0 aromatic rings. The second kappa shape index (κ2) is 3.08. The summed E-state index contributed by atoms with van der Waals surface area (Å²) in [4.78, 5) is 0.764. The van der Waals surface area contributed by atoms with Gasteiger partial charge in [-0.05, 0) is 20.1 Å². The molecule has 0 aromatic carbocycles. The maximum atomic E-state index is 12.0. The SMILES string of the molecule is CSC(C)=C(C)F. The van der Waals surface area contributed by atoms with Crippen LogP contribution < -0.4 is 0 Å². The third-order valence-electron chi connectivity index (χ3n) is 0.791. The number of hydrogen-bond donors (Lipinski definition) is 0. The molecule has 0 aliphatic rings. The number of halogens is 1. The van der Waals surface area contributed by atoms with E-state index in [9.17, 15) is 4.39 Å². The van der Waals surface area contributed by atoms with Crippen molar-refractivity contribution in [3.8, 4) is 0 Å². The maximum absolute atomic E-state index is 12.0. The number of thioether (sulfide) groups is 1. The number of rotatable bonds is 1. The van der Waals surface area contributed by atoms with Gasteiger partial charge in [0.15, 0.2) is 0 Å². The molecular weight excluding hydrogens is 111 g/mol. The van der Waals surface area contributed by atoms with Crippen molar-refractivity contribution in [1.29, 1.82) is 0 Å². The lowest BCUT2D eigenvalue weighted by Gasteiger charge is -1.90. The smallest absolute Gasteiger partial charge is 0.106 e. The molecule has 0 aliphatic carbocycles. The van der Waals surface area contributed by atoms with E-state index < -0.39 is 0 Å². The van der Waals surface area contributed by atoms with Gasteiger partial charge in [0.05, 0.1) is 0 Å². The van der Waals surface area contributed by atoms with Gasteiger partial charge in [-0.2, -0.15) is 0 Å². The number of allylic oxidation sites excluding steroid dienone is 2. The fraction of sp³-hybridized carbons (Fsp3) is 0.600. The normalized spacial score (nSPS) is 13.7. The Bertz CT molecular complexity index is 82.1. The van der Waals surface area contributed by atoms with Crippen LogP contribution in [0.5, 0.6) is 0 Å². The van der Waals surface area contributed by atoms with Gasteiger partial charge >= 0.3 is 0 Å². The Morgan fingerprint density at radius 1 is 1.43 bits per heavy atom. The second-order valence-electron chi connectivity index (χ2n) is 1.29. The van der Waals surface area contributed by atoms with Crippen molar-refractivity contribution in [3.63, 3.8) is 0 Å². The van der Waals surface area contributed by atoms with E-state index in [1.54, 1.807) is 6.92 Å². The average molecular weight is 120 g/mol. The Kier molecular flexibility index (Phi) is 3.09. The molecule has 7 heavy (non-hydrogen) atoms. The third kappa shape index (κ3) is 2.68. The van der Waals surface area contributed by atoms with Crippen LogP contribution in [0, 0.1) is 0 Å². The number of hydrogen-bond acceptors (Lipinski definition) is 1. The van der Waals surface area contributed by atoms with Crippen molar-refractivity contribution >= 4 is 11.8 Å². The van der Waals surface area contributed by atoms with Crippen LogP contribution in [0.15, 0.2) is 10.7 Å². The van der Waals surface area contributed by atoms with Crippen LogP contribution in [0.3, 0.4) is 0 Å². The van der Waals surface area contributed by atoms with E-state index in [1.807, 2.05) is 6.26 Å². The lowest BCUT2D eigenvalue weighted by atomic mass is 10.5. The van der Waals surface area contributed by atoms with Crippen molar-refractivity contribution in [3.05, 3.63) is 10.7 Å². The summed E-state index contributed by atoms with van der Waals surface area (Å²) in [6.45, 7) is 3.23. The lowest BCUT2D eigenvalue weighted by molar-refractivity contribution is 0.636. The van der Waals surface area contributed by atoms with Crippen LogP contribution in [0.1, 0.15) is 13.8 Å². The summed E-state index contributed by atoms with van der Waals surface area (Å²) in [6.07, 6.45) is 1.86. The fourth-order valence-electron chi connectivity index (χ4n) is 0.141. The first-order chi connectivity index (χ1) is 3.18. The van der Waals surface area contributed by atoms with Gasteiger partial charge in [0.25, 0.3) is 0 Å². The quantitative estimate of drug-likeness (QED) is 0.512. The zero-order valence-corrected chi connectivity index (χ0v) is 5.60. The van der Waals surface area contributed by atoms with E-state index in [-0.39, 0.29) is 5.83 Å². The highest BCUT2D eigenvalue weighted by atomic mass is 32.2. The molecular formula is C5H9FS. The van der Waals surface area contributed by atoms with Gasteiger partial charge in [0.2, 0.25) is 0 Å². The van der Waals surface area contributed by atoms with E-state index in [2.05, 4.69) is 0 Å². The Morgan fingerprint density at radius 3 is 1.86 bits per heavy atom. The van der Waals surface area contributed by atoms with Gasteiger partial charge in [-0.15, -0.1) is 11.8 Å². The summed E-state index contributed by atoms with van der Waals surface area (Å²) in [7, 11) is 0. The molecule has 0 fully saturated rings. The summed E-state index contributed by atoms with van der Waals surface area (Å²) in [5, 5.41) is 0. The first-order valence-corrected chi connectivity index (χ1v) is 3.28. The highest BCUT2D eigenvalue weighted by Gasteiger charge is 1.88. The molecule has 0 heterocycles. The second-order valence-corrected chi connectivity index (χ2v) is 2.31. The highest BCUT2D eigenvalue weighted by Crippen LogP contribution is 2.15. The van der Waals surface area contributed by atoms with Gasteiger partial charge in [-0.25, -0.2) is 4.39 Å². The first-order valence-electron chi connectivity index (χ1n) is 2.05. The van der Waals surface area contributed by atoms with Crippen molar-refractivity contribution in [2.45, 2.75) is 13.8 Å². The topological polar surface area (TPSA) is 0 Å². The van der Waals surface area contributed by atoms with Gasteiger partial charge < -0.3 is 0 Å². The average Bonchev–Trinajstić information content (AvgIpc) is 1.65. The molecule has 0 aromatic heterocycles. The molecule has 0 aliphatic heterocycles. The predicted octanol–water partition coefficient (Wildman–Crippen LogP) is 2.57. The standard InChI is InChI=1S/C5H9FS/c1-4(6)5(2)7-3/h1-3H3. The van der Waals surface area contributed by atoms with E-state index in [4.69, 9.17) is 0 Å². The minimum atomic E-state index is -0.0764. The Labute approximate surface area is 47.8 Å². The van der Waals surface area contributed by atoms with E-state index >= 15 is 0 Å². The molecule has 0 radical (unpaired) electrons. The predicted molar refractivity (Wildman–Crippen MR) is 33.0 cm³/mol. The van der Waals surface area contributed by atoms with Crippen LogP contribution in [0.4, 0.5) is 4.39 Å². The monoisotopic (exact) mass is 120 g/mol. The summed E-state index contributed by atoms with van der Waals surface area (Å²) >= 11 is 1.44. The molecule has 0 atom stereocenters. The van der Waals surface area contributed by atoms with Crippen LogP contribution in [-0.2, 0) is 0 Å². The molecule has 0 spiro atoms. The minimum Gasteiger partial charge on any atom is -0.211 e. The van der Waals surface area contributed by atoms with Crippen molar-refractivity contribution in [2.75, 3.05) is 6.26 Å². The Hall–Kier alpha value is 0.0200. The molecule has 42 valence electrons. The summed E-state index contributed by atoms with van der Waals surface area (Å²) in [5.74, 6) is -0.0764. The molecule has 0 saturated carbocycles. The van der Waals surface area contributed by atoms with Crippen molar-refractivity contribution in [1.82, 2.24) is 0 Å². The zero-order valence-electron chi connectivity index (χ0n) is 4.79. The van der Waals surface area contributed by atoms with Gasteiger partial charge in [0.1, 0.15) is 5.83 Å². The highest BCUT2D eigenvalue weighted by molar-refractivity contribution is 8.02. The van der Waals surface area contributed by atoms with Crippen molar-refractivity contribution < 1.29 is 4.39 Å². The molecule has 0 saturated heterocycles. The largest absolute Gasteiger partial charge is 0.211 e. The molecule has 0 amide bonds. The van der Waals surface area contributed by atoms with Crippen molar-refractivity contribution in [2.24, 2.45) is 0 Å². The van der Waals surface area contributed by atoms with Gasteiger partial charge in [0, 0.05) is 4.91 Å². The maximum Gasteiger partial charge on any atom is 0.106 e. The molecule has 2 heteroatoms. The summed E-state index contributed by atoms with van der Waals surface area (Å²) in [5.41, 5.74) is 0. The van der Waals surface area contributed by atoms with Crippen LogP contribution >= 0.6 is 11.8 Å². The zero-order chi connectivity index (χ0) is 5.86. The third-order valence-corrected chi connectivity index (χ3v) is 1.68. The van der Waals surface area contributed by atoms with E-state index in [1.165, 1.54) is 18.7 Å². The Balaban J connectivity index is 3.72. The van der Waals surface area contributed by atoms with Gasteiger partial charge in [-0.3, -0.25) is 0 Å². The van der Waals surface area contributed by atoms with Crippen LogP contribution in [-0.4, -0.2) is 6.26 Å². The van der Waals surface area contributed by atoms with E-state index in [0.29, 0.717) is 0 Å². The molecule has 0 N–H and O–H groups in total. The fourth-order valence-corrected chi connectivity index (χ4v) is 0.422. The molecule has 0 bridgehead atoms. The minimum absolute atomic E-state index is 0.0764. The van der Waals surface area contributed by atoms with Crippen LogP contribution in [0.2, 0.25) is 0 Å². The van der Waals surface area contributed by atoms with Crippen LogP contribution in [0.25, 0.3) is 0 Å². The first kappa shape index (κ1) is 7.02. The van der Waals surface area contributed by atoms with E-state index in [0.717, 1.165) is 4.91 Å². The molecule has 0 nitrogen and oxygen atoms in total. The summed E-state index contributed by atoms with van der Waals surface area (Å²) < 4.78 is 12.0. The lowest BCUT2D eigenvalue weighted by Crippen LogP contribution is -1.66.